The van der Waals surface area contributed by atoms with Gasteiger partial charge in [0.2, 0.25) is 0 Å². The van der Waals surface area contributed by atoms with Gasteiger partial charge in [0.15, 0.2) is 6.21 Å². The zero-order valence-electron chi connectivity index (χ0n) is 15.8. The molecule has 3 rings (SSSR count). The Morgan fingerprint density at radius 1 is 0.962 bits per heavy atom. The summed E-state index contributed by atoms with van der Waals surface area (Å²) in [6.45, 7) is 8.40. The number of fused-ring (bicyclic) bond motifs is 1. The van der Waals surface area contributed by atoms with Gasteiger partial charge in [0.25, 0.3) is 0 Å². The van der Waals surface area contributed by atoms with Crippen LogP contribution in [0.4, 0.5) is 0 Å². The van der Waals surface area contributed by atoms with Crippen LogP contribution >= 0.6 is 0 Å². The first kappa shape index (κ1) is 18.6. The average molecular weight is 348 g/mol. The summed E-state index contributed by atoms with van der Waals surface area (Å²) in [5.41, 5.74) is 5.54. The third-order valence-electron chi connectivity index (χ3n) is 5.19. The molecule has 0 bridgehead atoms. The van der Waals surface area contributed by atoms with Crippen molar-refractivity contribution in [1.29, 1.82) is 0 Å². The Labute approximate surface area is 158 Å². The lowest BCUT2D eigenvalue weighted by Gasteiger charge is -2.12. The molecule has 1 aliphatic rings. The van der Waals surface area contributed by atoms with Gasteiger partial charge in [0, 0.05) is 18.4 Å². The molecule has 1 heterocycles. The standard InChI is InChI=1S/C24H31N2/c1-2-21-10-4-5-11-22(21)14-17-25-16-8-3-9-18-26-19-15-23-12-6-7-13-24(23)20-26/h2,4-7,10-13,20,25H,1,3,8-9,14-19H2/q+1. The van der Waals surface area contributed by atoms with Gasteiger partial charge in [-0.1, -0.05) is 55.1 Å². The summed E-state index contributed by atoms with van der Waals surface area (Å²) < 4.78 is 2.49. The zero-order valence-corrected chi connectivity index (χ0v) is 15.8. The van der Waals surface area contributed by atoms with Crippen molar-refractivity contribution in [3.63, 3.8) is 0 Å². The van der Waals surface area contributed by atoms with Crippen LogP contribution in [-0.4, -0.2) is 37.0 Å². The summed E-state index contributed by atoms with van der Waals surface area (Å²) in [4.78, 5) is 0. The molecule has 0 saturated heterocycles. The summed E-state index contributed by atoms with van der Waals surface area (Å²) >= 11 is 0. The molecule has 1 N–H and O–H groups in total. The Bertz CT molecular complexity index is 745. The number of hydrogen-bond donors (Lipinski definition) is 1. The molecule has 0 aliphatic carbocycles. The summed E-state index contributed by atoms with van der Waals surface area (Å²) in [5.74, 6) is 0. The third-order valence-corrected chi connectivity index (χ3v) is 5.19. The van der Waals surface area contributed by atoms with E-state index in [1.165, 1.54) is 54.5 Å². The van der Waals surface area contributed by atoms with Crippen molar-refractivity contribution < 1.29 is 4.58 Å². The average Bonchev–Trinajstić information content (AvgIpc) is 2.70. The van der Waals surface area contributed by atoms with E-state index in [1.54, 1.807) is 0 Å². The van der Waals surface area contributed by atoms with Gasteiger partial charge in [-0.05, 0) is 55.1 Å². The largest absolute Gasteiger partial charge is 0.316 e. The molecule has 2 heteroatoms. The first-order chi connectivity index (χ1) is 12.9. The van der Waals surface area contributed by atoms with Gasteiger partial charge in [-0.2, -0.15) is 0 Å². The minimum atomic E-state index is 1.04. The highest BCUT2D eigenvalue weighted by molar-refractivity contribution is 5.78. The van der Waals surface area contributed by atoms with Crippen LogP contribution in [0.3, 0.4) is 0 Å². The van der Waals surface area contributed by atoms with Gasteiger partial charge < -0.3 is 5.32 Å². The van der Waals surface area contributed by atoms with Gasteiger partial charge in [0.1, 0.15) is 13.1 Å². The van der Waals surface area contributed by atoms with Crippen LogP contribution in [0, 0.1) is 0 Å². The number of nitrogens with one attached hydrogen (secondary N) is 1. The predicted molar refractivity (Wildman–Crippen MR) is 112 cm³/mol. The molecule has 0 saturated carbocycles. The van der Waals surface area contributed by atoms with Crippen molar-refractivity contribution in [2.75, 3.05) is 26.2 Å². The Kier molecular flexibility index (Phi) is 7.21. The van der Waals surface area contributed by atoms with Crippen molar-refractivity contribution in [3.8, 4) is 0 Å². The van der Waals surface area contributed by atoms with Gasteiger partial charge >= 0.3 is 0 Å². The fourth-order valence-corrected chi connectivity index (χ4v) is 3.64. The van der Waals surface area contributed by atoms with E-state index in [2.05, 4.69) is 71.2 Å². The van der Waals surface area contributed by atoms with E-state index in [4.69, 9.17) is 0 Å². The molecule has 0 amide bonds. The number of rotatable bonds is 10. The van der Waals surface area contributed by atoms with E-state index < -0.39 is 0 Å². The molecule has 1 aliphatic heterocycles. The van der Waals surface area contributed by atoms with Crippen LogP contribution in [0.5, 0.6) is 0 Å². The Balaban J connectivity index is 1.27. The van der Waals surface area contributed by atoms with Crippen molar-refractivity contribution in [1.82, 2.24) is 5.32 Å². The molecule has 2 aromatic carbocycles. The lowest BCUT2D eigenvalue weighted by atomic mass is 10.0. The second-order valence-electron chi connectivity index (χ2n) is 7.08. The van der Waals surface area contributed by atoms with Gasteiger partial charge in [-0.15, -0.1) is 0 Å². The molecule has 0 radical (unpaired) electrons. The monoisotopic (exact) mass is 347 g/mol. The number of unbranched alkanes of at least 4 members (excludes halogenated alkanes) is 2. The number of hydrogen-bond acceptors (Lipinski definition) is 1. The van der Waals surface area contributed by atoms with E-state index >= 15 is 0 Å². The Morgan fingerprint density at radius 3 is 2.73 bits per heavy atom. The zero-order chi connectivity index (χ0) is 18.0. The number of benzene rings is 2. The molecule has 2 aromatic rings. The predicted octanol–water partition coefficient (Wildman–Crippen LogP) is 4.32. The molecule has 136 valence electrons. The maximum absolute atomic E-state index is 3.89. The van der Waals surface area contributed by atoms with Crippen molar-refractivity contribution in [3.05, 3.63) is 77.4 Å². The van der Waals surface area contributed by atoms with Crippen molar-refractivity contribution in [2.45, 2.75) is 32.1 Å². The van der Waals surface area contributed by atoms with Crippen LogP contribution in [-0.2, 0) is 12.8 Å². The SMILES string of the molecule is C=Cc1ccccc1CCNCCCCC[N+]1=Cc2ccccc2CC1. The maximum atomic E-state index is 3.89. The topological polar surface area (TPSA) is 15.0 Å². The molecule has 0 unspecified atom stereocenters. The van der Waals surface area contributed by atoms with Gasteiger partial charge in [0.05, 0.1) is 0 Å². The molecule has 0 spiro atoms. The minimum absolute atomic E-state index is 1.04. The van der Waals surface area contributed by atoms with Gasteiger partial charge in [-0.25, -0.2) is 4.58 Å². The van der Waals surface area contributed by atoms with Crippen molar-refractivity contribution in [2.24, 2.45) is 0 Å². The summed E-state index contributed by atoms with van der Waals surface area (Å²) in [6.07, 6.45) is 10.4. The van der Waals surface area contributed by atoms with Crippen LogP contribution in [0.2, 0.25) is 0 Å². The highest BCUT2D eigenvalue weighted by atomic mass is 15.0. The summed E-state index contributed by atoms with van der Waals surface area (Å²) in [7, 11) is 0. The first-order valence-corrected chi connectivity index (χ1v) is 9.95. The number of nitrogens with zero attached hydrogens (tertiary/aromatic N) is 1. The molecule has 0 aromatic heterocycles. The highest BCUT2D eigenvalue weighted by Gasteiger charge is 2.14. The molecular weight excluding hydrogens is 316 g/mol. The molecule has 0 fully saturated rings. The summed E-state index contributed by atoms with van der Waals surface area (Å²) in [5, 5.41) is 3.58. The van der Waals surface area contributed by atoms with Crippen LogP contribution in [0.25, 0.3) is 6.08 Å². The Morgan fingerprint density at radius 2 is 1.81 bits per heavy atom. The van der Waals surface area contributed by atoms with E-state index in [-0.39, 0.29) is 0 Å². The van der Waals surface area contributed by atoms with Crippen LogP contribution in [0.15, 0.2) is 55.1 Å². The van der Waals surface area contributed by atoms with Crippen LogP contribution in [0.1, 0.15) is 41.5 Å². The summed E-state index contributed by atoms with van der Waals surface area (Å²) in [6, 6.07) is 17.3. The molecule has 2 nitrogen and oxygen atoms in total. The maximum Gasteiger partial charge on any atom is 0.170 e. The molecule has 26 heavy (non-hydrogen) atoms. The smallest absolute Gasteiger partial charge is 0.170 e. The molecule has 0 atom stereocenters. The fraction of sp³-hybridized carbons (Fsp3) is 0.375. The van der Waals surface area contributed by atoms with E-state index in [0.29, 0.717) is 0 Å². The van der Waals surface area contributed by atoms with E-state index in [0.717, 1.165) is 26.1 Å². The third kappa shape index (κ3) is 5.40. The van der Waals surface area contributed by atoms with E-state index in [9.17, 15) is 0 Å². The lowest BCUT2D eigenvalue weighted by molar-refractivity contribution is -0.524. The van der Waals surface area contributed by atoms with Gasteiger partial charge in [-0.3, -0.25) is 0 Å². The lowest BCUT2D eigenvalue weighted by Crippen LogP contribution is -2.24. The van der Waals surface area contributed by atoms with Crippen molar-refractivity contribution >= 4 is 12.3 Å². The normalized spacial score (nSPS) is 13.2. The fourth-order valence-electron chi connectivity index (χ4n) is 3.64. The second kappa shape index (κ2) is 10.1. The Hall–Kier alpha value is -2.19. The second-order valence-corrected chi connectivity index (χ2v) is 7.08. The quantitative estimate of drug-likeness (QED) is 0.500. The highest BCUT2D eigenvalue weighted by Crippen LogP contribution is 2.12. The first-order valence-electron chi connectivity index (χ1n) is 9.95. The van der Waals surface area contributed by atoms with E-state index in [1.807, 2.05) is 6.08 Å². The van der Waals surface area contributed by atoms with Crippen LogP contribution < -0.4 is 5.32 Å². The molecular formula is C24H31N2+. The minimum Gasteiger partial charge on any atom is -0.316 e.